The van der Waals surface area contributed by atoms with Crippen LogP contribution in [0.4, 0.5) is 0 Å². The monoisotopic (exact) mass is 216 g/mol. The van der Waals surface area contributed by atoms with Gasteiger partial charge in [0.25, 0.3) is 0 Å². The molecule has 3 heteroatoms. The SMILES string of the molecule is CCCCN(CCO)CC(CN)C(C)C. The smallest absolute Gasteiger partial charge is 0.0558 e. The molecule has 0 aliphatic carbocycles. The van der Waals surface area contributed by atoms with Gasteiger partial charge < -0.3 is 15.7 Å². The van der Waals surface area contributed by atoms with Crippen molar-refractivity contribution in [1.29, 1.82) is 0 Å². The first-order chi connectivity index (χ1) is 7.15. The van der Waals surface area contributed by atoms with Crippen LogP contribution in [0.2, 0.25) is 0 Å². The summed E-state index contributed by atoms with van der Waals surface area (Å²) in [7, 11) is 0. The van der Waals surface area contributed by atoms with Gasteiger partial charge in [-0.25, -0.2) is 0 Å². The van der Waals surface area contributed by atoms with Gasteiger partial charge in [0, 0.05) is 13.1 Å². The normalized spacial score (nSPS) is 13.8. The predicted molar refractivity (Wildman–Crippen MR) is 65.8 cm³/mol. The number of aliphatic hydroxyl groups excluding tert-OH is 1. The summed E-state index contributed by atoms with van der Waals surface area (Å²) in [6.45, 7) is 10.5. The van der Waals surface area contributed by atoms with E-state index in [4.69, 9.17) is 10.8 Å². The average Bonchev–Trinajstić information content (AvgIpc) is 2.21. The minimum atomic E-state index is 0.249. The van der Waals surface area contributed by atoms with Crippen LogP contribution < -0.4 is 5.73 Å². The zero-order valence-electron chi connectivity index (χ0n) is 10.6. The Morgan fingerprint density at radius 2 is 1.93 bits per heavy atom. The molecule has 0 spiro atoms. The van der Waals surface area contributed by atoms with Gasteiger partial charge in [0.1, 0.15) is 0 Å². The lowest BCUT2D eigenvalue weighted by Gasteiger charge is -2.28. The van der Waals surface area contributed by atoms with Crippen molar-refractivity contribution in [3.63, 3.8) is 0 Å². The van der Waals surface area contributed by atoms with E-state index in [1.165, 1.54) is 12.8 Å². The first-order valence-corrected chi connectivity index (χ1v) is 6.18. The summed E-state index contributed by atoms with van der Waals surface area (Å²) in [6.07, 6.45) is 2.41. The highest BCUT2D eigenvalue weighted by atomic mass is 16.3. The molecule has 1 unspecified atom stereocenters. The number of nitrogens with zero attached hydrogens (tertiary/aromatic N) is 1. The first-order valence-electron chi connectivity index (χ1n) is 6.18. The van der Waals surface area contributed by atoms with Gasteiger partial charge in [0.15, 0.2) is 0 Å². The van der Waals surface area contributed by atoms with Gasteiger partial charge in [0.05, 0.1) is 6.61 Å². The maximum atomic E-state index is 8.99. The molecule has 0 aromatic carbocycles. The average molecular weight is 216 g/mol. The van der Waals surface area contributed by atoms with Crippen molar-refractivity contribution in [2.24, 2.45) is 17.6 Å². The second-order valence-electron chi connectivity index (χ2n) is 4.62. The topological polar surface area (TPSA) is 49.5 Å². The lowest BCUT2D eigenvalue weighted by molar-refractivity contribution is 0.160. The zero-order chi connectivity index (χ0) is 11.7. The van der Waals surface area contributed by atoms with E-state index in [-0.39, 0.29) is 6.61 Å². The fraction of sp³-hybridized carbons (Fsp3) is 1.00. The van der Waals surface area contributed by atoms with Crippen molar-refractivity contribution in [3.05, 3.63) is 0 Å². The molecule has 0 fully saturated rings. The number of nitrogens with two attached hydrogens (primary N) is 1. The molecule has 3 N–H and O–H groups in total. The van der Waals surface area contributed by atoms with Gasteiger partial charge in [-0.3, -0.25) is 0 Å². The van der Waals surface area contributed by atoms with Crippen LogP contribution in [0, 0.1) is 11.8 Å². The van der Waals surface area contributed by atoms with Crippen molar-refractivity contribution in [2.75, 3.05) is 32.8 Å². The Kier molecular flexibility index (Phi) is 9.06. The molecular weight excluding hydrogens is 188 g/mol. The molecule has 3 nitrogen and oxygen atoms in total. The third kappa shape index (κ3) is 6.88. The van der Waals surface area contributed by atoms with Crippen molar-refractivity contribution in [2.45, 2.75) is 33.6 Å². The summed E-state index contributed by atoms with van der Waals surface area (Å²) < 4.78 is 0. The van der Waals surface area contributed by atoms with E-state index < -0.39 is 0 Å². The van der Waals surface area contributed by atoms with E-state index in [0.29, 0.717) is 11.8 Å². The Morgan fingerprint density at radius 3 is 2.33 bits per heavy atom. The summed E-state index contributed by atoms with van der Waals surface area (Å²) in [6, 6.07) is 0. The largest absolute Gasteiger partial charge is 0.395 e. The lowest BCUT2D eigenvalue weighted by Crippen LogP contribution is -2.37. The maximum Gasteiger partial charge on any atom is 0.0558 e. The molecule has 0 rings (SSSR count). The first kappa shape index (κ1) is 14.9. The second kappa shape index (κ2) is 9.13. The van der Waals surface area contributed by atoms with E-state index in [2.05, 4.69) is 25.7 Å². The van der Waals surface area contributed by atoms with Crippen LogP contribution in [0.1, 0.15) is 33.6 Å². The van der Waals surface area contributed by atoms with Crippen molar-refractivity contribution in [1.82, 2.24) is 4.90 Å². The van der Waals surface area contributed by atoms with E-state index in [1.54, 1.807) is 0 Å². The van der Waals surface area contributed by atoms with Gasteiger partial charge in [-0.05, 0) is 31.3 Å². The standard InChI is InChI=1S/C12H28N2O/c1-4-5-6-14(7-8-15)10-12(9-13)11(2)3/h11-12,15H,4-10,13H2,1-3H3. The second-order valence-corrected chi connectivity index (χ2v) is 4.62. The highest BCUT2D eigenvalue weighted by molar-refractivity contribution is 4.69. The van der Waals surface area contributed by atoms with Crippen molar-refractivity contribution < 1.29 is 5.11 Å². The maximum absolute atomic E-state index is 8.99. The van der Waals surface area contributed by atoms with Crippen molar-refractivity contribution in [3.8, 4) is 0 Å². The third-order valence-electron chi connectivity index (χ3n) is 2.98. The van der Waals surface area contributed by atoms with Crippen molar-refractivity contribution >= 4 is 0 Å². The molecule has 0 radical (unpaired) electrons. The number of aliphatic hydroxyl groups is 1. The molecule has 0 heterocycles. The molecule has 0 bridgehead atoms. The molecule has 1 atom stereocenters. The molecule has 0 saturated heterocycles. The summed E-state index contributed by atoms with van der Waals surface area (Å²) in [5.74, 6) is 1.17. The Bertz CT molecular complexity index is 140. The Morgan fingerprint density at radius 1 is 1.27 bits per heavy atom. The zero-order valence-corrected chi connectivity index (χ0v) is 10.6. The van der Waals surface area contributed by atoms with Crippen LogP contribution in [0.3, 0.4) is 0 Å². The molecule has 92 valence electrons. The molecule has 0 aromatic heterocycles. The van der Waals surface area contributed by atoms with Gasteiger partial charge in [0.2, 0.25) is 0 Å². The molecule has 0 aromatic rings. The molecule has 0 amide bonds. The number of hydrogen-bond acceptors (Lipinski definition) is 3. The number of unbranched alkanes of at least 4 members (excludes halogenated alkanes) is 1. The third-order valence-corrected chi connectivity index (χ3v) is 2.98. The quantitative estimate of drug-likeness (QED) is 0.611. The Labute approximate surface area is 94.6 Å². The number of rotatable bonds is 9. The van der Waals surface area contributed by atoms with E-state index in [0.717, 1.165) is 26.2 Å². The fourth-order valence-corrected chi connectivity index (χ4v) is 1.71. The minimum absolute atomic E-state index is 0.249. The molecule has 0 aliphatic rings. The lowest BCUT2D eigenvalue weighted by atomic mass is 9.95. The summed E-state index contributed by atoms with van der Waals surface area (Å²) in [5, 5.41) is 8.99. The Balaban J connectivity index is 3.99. The highest BCUT2D eigenvalue weighted by Crippen LogP contribution is 2.11. The predicted octanol–water partition coefficient (Wildman–Crippen LogP) is 1.31. The molecule has 0 saturated carbocycles. The van der Waals surface area contributed by atoms with Crippen LogP contribution >= 0.6 is 0 Å². The van der Waals surface area contributed by atoms with Crippen LogP contribution in [-0.2, 0) is 0 Å². The Hall–Kier alpha value is -0.120. The van der Waals surface area contributed by atoms with Crippen LogP contribution in [0.25, 0.3) is 0 Å². The van der Waals surface area contributed by atoms with Gasteiger partial charge in [-0.2, -0.15) is 0 Å². The van der Waals surface area contributed by atoms with E-state index >= 15 is 0 Å². The highest BCUT2D eigenvalue weighted by Gasteiger charge is 2.15. The molecular formula is C12H28N2O. The molecule has 0 aliphatic heterocycles. The summed E-state index contributed by atoms with van der Waals surface area (Å²) >= 11 is 0. The minimum Gasteiger partial charge on any atom is -0.395 e. The van der Waals surface area contributed by atoms with E-state index in [9.17, 15) is 0 Å². The van der Waals surface area contributed by atoms with Gasteiger partial charge in [-0.15, -0.1) is 0 Å². The van der Waals surface area contributed by atoms with E-state index in [1.807, 2.05) is 0 Å². The fourth-order valence-electron chi connectivity index (χ4n) is 1.71. The van der Waals surface area contributed by atoms with Crippen LogP contribution in [-0.4, -0.2) is 42.8 Å². The molecule has 15 heavy (non-hydrogen) atoms. The number of hydrogen-bond donors (Lipinski definition) is 2. The summed E-state index contributed by atoms with van der Waals surface area (Å²) in [4.78, 5) is 2.33. The summed E-state index contributed by atoms with van der Waals surface area (Å²) in [5.41, 5.74) is 5.76. The van der Waals surface area contributed by atoms with Gasteiger partial charge in [-0.1, -0.05) is 27.2 Å². The van der Waals surface area contributed by atoms with Gasteiger partial charge >= 0.3 is 0 Å². The van der Waals surface area contributed by atoms with Crippen LogP contribution in [0.5, 0.6) is 0 Å². The van der Waals surface area contributed by atoms with Crippen LogP contribution in [0.15, 0.2) is 0 Å².